The van der Waals surface area contributed by atoms with Gasteiger partial charge in [-0.1, -0.05) is 18.2 Å². The van der Waals surface area contributed by atoms with Gasteiger partial charge in [0, 0.05) is 37.3 Å². The van der Waals surface area contributed by atoms with Crippen LogP contribution in [0, 0.1) is 11.6 Å². The lowest BCUT2D eigenvalue weighted by Crippen LogP contribution is -2.26. The third-order valence-electron chi connectivity index (χ3n) is 3.18. The number of nitrogens with zero attached hydrogens (tertiary/aromatic N) is 1. The van der Waals surface area contributed by atoms with Gasteiger partial charge in [-0.05, 0) is 23.8 Å². The van der Waals surface area contributed by atoms with Crippen LogP contribution in [0.4, 0.5) is 8.78 Å². The Balaban J connectivity index is 2.15. The maximum Gasteiger partial charge on any atom is 0.253 e. The number of amides is 1. The minimum Gasteiger partial charge on any atom is -0.337 e. The molecule has 2 rings (SSSR count). The molecule has 2 N–H and O–H groups in total. The zero-order valence-electron chi connectivity index (χ0n) is 11.6. The Morgan fingerprint density at radius 1 is 1.19 bits per heavy atom. The molecule has 0 saturated carbocycles. The zero-order chi connectivity index (χ0) is 15.4. The van der Waals surface area contributed by atoms with Gasteiger partial charge in [-0.3, -0.25) is 4.79 Å². The quantitative estimate of drug-likeness (QED) is 0.941. The van der Waals surface area contributed by atoms with E-state index >= 15 is 0 Å². The van der Waals surface area contributed by atoms with Crippen molar-refractivity contribution in [2.45, 2.75) is 13.1 Å². The number of nitrogens with two attached hydrogens (primary N) is 1. The molecule has 0 saturated heterocycles. The molecule has 0 radical (unpaired) electrons. The van der Waals surface area contributed by atoms with Gasteiger partial charge in [0.05, 0.1) is 0 Å². The molecule has 0 aromatic heterocycles. The van der Waals surface area contributed by atoms with Gasteiger partial charge in [0.2, 0.25) is 0 Å². The van der Waals surface area contributed by atoms with E-state index < -0.39 is 11.6 Å². The highest BCUT2D eigenvalue weighted by atomic mass is 19.1. The molecule has 3 nitrogen and oxygen atoms in total. The van der Waals surface area contributed by atoms with Gasteiger partial charge in [-0.2, -0.15) is 0 Å². The minimum absolute atomic E-state index is 0.0673. The number of benzene rings is 2. The minimum atomic E-state index is -0.662. The first-order valence-electron chi connectivity index (χ1n) is 6.49. The lowest BCUT2D eigenvalue weighted by molar-refractivity contribution is 0.0783. The van der Waals surface area contributed by atoms with E-state index in [1.165, 1.54) is 17.0 Å². The zero-order valence-corrected chi connectivity index (χ0v) is 11.6. The maximum atomic E-state index is 13.6. The normalized spacial score (nSPS) is 10.5. The fourth-order valence-electron chi connectivity index (χ4n) is 2.03. The summed E-state index contributed by atoms with van der Waals surface area (Å²) in [7, 11) is 1.57. The molecule has 0 bridgehead atoms. The van der Waals surface area contributed by atoms with E-state index in [0.29, 0.717) is 12.1 Å². The van der Waals surface area contributed by atoms with Gasteiger partial charge in [0.15, 0.2) is 0 Å². The van der Waals surface area contributed by atoms with Crippen LogP contribution in [-0.2, 0) is 13.1 Å². The summed E-state index contributed by atoms with van der Waals surface area (Å²) in [5.74, 6) is -1.54. The molecule has 0 spiro atoms. The Bertz CT molecular complexity index is 658. The van der Waals surface area contributed by atoms with E-state index in [9.17, 15) is 13.6 Å². The van der Waals surface area contributed by atoms with Gasteiger partial charge in [0.25, 0.3) is 5.91 Å². The average molecular weight is 290 g/mol. The first-order chi connectivity index (χ1) is 10.0. The van der Waals surface area contributed by atoms with Gasteiger partial charge in [-0.25, -0.2) is 8.78 Å². The van der Waals surface area contributed by atoms with Crippen molar-refractivity contribution in [3.8, 4) is 0 Å². The standard InChI is InChI=1S/C16H16F2N2O/c1-20(10-13-5-6-14(17)8-15(13)18)16(21)12-4-2-3-11(7-12)9-19/h2-8H,9-10,19H2,1H3. The Labute approximate surface area is 122 Å². The van der Waals surface area contributed by atoms with Crippen LogP contribution in [0.1, 0.15) is 21.5 Å². The van der Waals surface area contributed by atoms with Crippen molar-refractivity contribution in [2.24, 2.45) is 5.73 Å². The second kappa shape index (κ2) is 6.45. The molecule has 2 aromatic carbocycles. The highest BCUT2D eigenvalue weighted by Crippen LogP contribution is 2.14. The van der Waals surface area contributed by atoms with Crippen molar-refractivity contribution in [3.05, 3.63) is 70.8 Å². The predicted molar refractivity (Wildman–Crippen MR) is 76.5 cm³/mol. The van der Waals surface area contributed by atoms with Crippen LogP contribution in [0.3, 0.4) is 0 Å². The fraction of sp³-hybridized carbons (Fsp3) is 0.188. The lowest BCUT2D eigenvalue weighted by atomic mass is 10.1. The molecule has 0 aliphatic heterocycles. The Morgan fingerprint density at radius 2 is 1.95 bits per heavy atom. The third kappa shape index (κ3) is 3.64. The van der Waals surface area contributed by atoms with Gasteiger partial charge >= 0.3 is 0 Å². The van der Waals surface area contributed by atoms with Gasteiger partial charge in [-0.15, -0.1) is 0 Å². The van der Waals surface area contributed by atoms with Crippen molar-refractivity contribution in [2.75, 3.05) is 7.05 Å². The molecule has 0 aliphatic rings. The van der Waals surface area contributed by atoms with Crippen LogP contribution in [0.5, 0.6) is 0 Å². The van der Waals surface area contributed by atoms with E-state index in [0.717, 1.165) is 11.6 Å². The topological polar surface area (TPSA) is 46.3 Å². The number of carbonyl (C=O) groups excluding carboxylic acids is 1. The van der Waals surface area contributed by atoms with E-state index in [1.54, 1.807) is 25.2 Å². The Hall–Kier alpha value is -2.27. The molecular weight excluding hydrogens is 274 g/mol. The molecule has 0 unspecified atom stereocenters. The van der Waals surface area contributed by atoms with Crippen molar-refractivity contribution < 1.29 is 13.6 Å². The lowest BCUT2D eigenvalue weighted by Gasteiger charge is -2.18. The van der Waals surface area contributed by atoms with Crippen LogP contribution in [-0.4, -0.2) is 17.9 Å². The molecule has 5 heteroatoms. The number of rotatable bonds is 4. The Kier molecular flexibility index (Phi) is 4.65. The summed E-state index contributed by atoms with van der Waals surface area (Å²) in [5, 5.41) is 0. The van der Waals surface area contributed by atoms with Crippen LogP contribution in [0.25, 0.3) is 0 Å². The van der Waals surface area contributed by atoms with E-state index in [2.05, 4.69) is 0 Å². The summed E-state index contributed by atoms with van der Waals surface area (Å²) in [6, 6.07) is 10.3. The third-order valence-corrected chi connectivity index (χ3v) is 3.18. The monoisotopic (exact) mass is 290 g/mol. The van der Waals surface area contributed by atoms with E-state index in [-0.39, 0.29) is 18.0 Å². The maximum absolute atomic E-state index is 13.6. The molecule has 1 amide bonds. The highest BCUT2D eigenvalue weighted by molar-refractivity contribution is 5.94. The number of halogens is 2. The van der Waals surface area contributed by atoms with Crippen LogP contribution in [0.2, 0.25) is 0 Å². The molecule has 0 aliphatic carbocycles. The second-order valence-corrected chi connectivity index (χ2v) is 4.80. The summed E-state index contributed by atoms with van der Waals surface area (Å²) in [6.07, 6.45) is 0. The fourth-order valence-corrected chi connectivity index (χ4v) is 2.03. The number of hydrogen-bond donors (Lipinski definition) is 1. The molecule has 21 heavy (non-hydrogen) atoms. The first-order valence-corrected chi connectivity index (χ1v) is 6.49. The smallest absolute Gasteiger partial charge is 0.253 e. The Morgan fingerprint density at radius 3 is 2.62 bits per heavy atom. The average Bonchev–Trinajstić information content (AvgIpc) is 2.49. The summed E-state index contributed by atoms with van der Waals surface area (Å²) in [5.41, 5.74) is 7.15. The number of carbonyl (C=O) groups is 1. The summed E-state index contributed by atoms with van der Waals surface area (Å²) in [6.45, 7) is 0.412. The molecule has 0 fully saturated rings. The summed E-state index contributed by atoms with van der Waals surface area (Å²) in [4.78, 5) is 13.7. The van der Waals surface area contributed by atoms with Crippen molar-refractivity contribution in [1.82, 2.24) is 4.90 Å². The van der Waals surface area contributed by atoms with Crippen molar-refractivity contribution in [1.29, 1.82) is 0 Å². The summed E-state index contributed by atoms with van der Waals surface area (Å²) < 4.78 is 26.5. The van der Waals surface area contributed by atoms with E-state index in [4.69, 9.17) is 5.73 Å². The summed E-state index contributed by atoms with van der Waals surface area (Å²) >= 11 is 0. The van der Waals surface area contributed by atoms with Crippen molar-refractivity contribution >= 4 is 5.91 Å². The van der Waals surface area contributed by atoms with Gasteiger partial charge in [0.1, 0.15) is 11.6 Å². The molecule has 110 valence electrons. The van der Waals surface area contributed by atoms with Crippen LogP contribution < -0.4 is 5.73 Å². The largest absolute Gasteiger partial charge is 0.337 e. The predicted octanol–water partition coefficient (Wildman–Crippen LogP) is 2.70. The number of hydrogen-bond acceptors (Lipinski definition) is 2. The van der Waals surface area contributed by atoms with E-state index in [1.807, 2.05) is 6.07 Å². The highest BCUT2D eigenvalue weighted by Gasteiger charge is 2.14. The molecule has 2 aromatic rings. The molecule has 0 atom stereocenters. The molecular formula is C16H16F2N2O. The SMILES string of the molecule is CN(Cc1ccc(F)cc1F)C(=O)c1cccc(CN)c1. The van der Waals surface area contributed by atoms with Crippen molar-refractivity contribution in [3.63, 3.8) is 0 Å². The van der Waals surface area contributed by atoms with Crippen LogP contribution >= 0.6 is 0 Å². The van der Waals surface area contributed by atoms with Crippen LogP contribution in [0.15, 0.2) is 42.5 Å². The molecule has 0 heterocycles. The first kappa shape index (κ1) is 15.1. The second-order valence-electron chi connectivity index (χ2n) is 4.80. The van der Waals surface area contributed by atoms with Gasteiger partial charge < -0.3 is 10.6 Å².